The topological polar surface area (TPSA) is 54.0 Å². The summed E-state index contributed by atoms with van der Waals surface area (Å²) in [6, 6.07) is 21.0. The summed E-state index contributed by atoms with van der Waals surface area (Å²) >= 11 is 0. The van der Waals surface area contributed by atoms with E-state index >= 15 is 0 Å². The van der Waals surface area contributed by atoms with Crippen molar-refractivity contribution in [3.8, 4) is 17.2 Å². The molecule has 0 spiro atoms. The predicted octanol–water partition coefficient (Wildman–Crippen LogP) is 4.66. The number of carbonyl (C=O) groups is 1. The lowest BCUT2D eigenvalue weighted by molar-refractivity contribution is 0.0599. The molecule has 0 bridgehead atoms. The van der Waals surface area contributed by atoms with Crippen LogP contribution in [0.3, 0.4) is 0 Å². The lowest BCUT2D eigenvalue weighted by Gasteiger charge is -2.11. The maximum atomic E-state index is 12.0. The second-order valence-electron chi connectivity index (χ2n) is 6.47. The van der Waals surface area contributed by atoms with Crippen molar-refractivity contribution in [3.63, 3.8) is 0 Å². The summed E-state index contributed by atoms with van der Waals surface area (Å²) in [4.78, 5) is 12.0. The summed E-state index contributed by atoms with van der Waals surface area (Å²) in [5.74, 6) is 1.94. The van der Waals surface area contributed by atoms with Crippen LogP contribution < -0.4 is 14.2 Å². The Hall–Kier alpha value is -3.47. The summed E-state index contributed by atoms with van der Waals surface area (Å²) in [6.45, 7) is 0.478. The van der Waals surface area contributed by atoms with Crippen LogP contribution in [0.5, 0.6) is 17.2 Å². The van der Waals surface area contributed by atoms with Gasteiger partial charge in [0.2, 0.25) is 0 Å². The predicted molar refractivity (Wildman–Crippen MR) is 111 cm³/mol. The molecule has 0 aliphatic carbocycles. The minimum atomic E-state index is -0.359. The fourth-order valence-electron chi connectivity index (χ4n) is 2.96. The van der Waals surface area contributed by atoms with Crippen molar-refractivity contribution in [3.05, 3.63) is 89.0 Å². The second kappa shape index (κ2) is 9.64. The summed E-state index contributed by atoms with van der Waals surface area (Å²) in [5, 5.41) is 0. The molecule has 0 saturated carbocycles. The van der Waals surface area contributed by atoms with Crippen LogP contribution in [0.25, 0.3) is 0 Å². The van der Waals surface area contributed by atoms with E-state index in [4.69, 9.17) is 18.9 Å². The first-order valence-electron chi connectivity index (χ1n) is 9.23. The lowest BCUT2D eigenvalue weighted by atomic mass is 9.99. The number of hydrogen-bond acceptors (Lipinski definition) is 5. The van der Waals surface area contributed by atoms with Crippen LogP contribution in [-0.4, -0.2) is 27.3 Å². The molecule has 0 radical (unpaired) electrons. The van der Waals surface area contributed by atoms with Gasteiger partial charge in [-0.1, -0.05) is 24.3 Å². The van der Waals surface area contributed by atoms with E-state index in [2.05, 4.69) is 0 Å². The number of ether oxygens (including phenoxy) is 4. The number of benzene rings is 3. The molecule has 150 valence electrons. The molecule has 3 aromatic carbocycles. The average Bonchev–Trinajstić information content (AvgIpc) is 2.78. The molecule has 3 aromatic rings. The van der Waals surface area contributed by atoms with E-state index < -0.39 is 0 Å². The monoisotopic (exact) mass is 392 g/mol. The molecule has 5 heteroatoms. The fraction of sp³-hybridized carbons (Fsp3) is 0.208. The Morgan fingerprint density at radius 1 is 0.724 bits per heavy atom. The first-order chi connectivity index (χ1) is 14.1. The van der Waals surface area contributed by atoms with Crippen LogP contribution in [0.15, 0.2) is 66.7 Å². The molecule has 0 aliphatic rings. The van der Waals surface area contributed by atoms with Gasteiger partial charge in [0.1, 0.15) is 23.9 Å². The quantitative estimate of drug-likeness (QED) is 0.522. The zero-order valence-corrected chi connectivity index (χ0v) is 16.8. The third kappa shape index (κ3) is 5.29. The molecule has 0 N–H and O–H groups in total. The molecule has 29 heavy (non-hydrogen) atoms. The second-order valence-corrected chi connectivity index (χ2v) is 6.47. The number of methoxy groups -OCH3 is 3. The third-order valence-corrected chi connectivity index (χ3v) is 4.60. The van der Waals surface area contributed by atoms with Crippen molar-refractivity contribution in [1.29, 1.82) is 0 Å². The Bertz CT molecular complexity index is 946. The average molecular weight is 392 g/mol. The Morgan fingerprint density at radius 2 is 1.31 bits per heavy atom. The molecule has 0 aliphatic heterocycles. The zero-order chi connectivity index (χ0) is 20.6. The van der Waals surface area contributed by atoms with E-state index in [0.717, 1.165) is 28.2 Å². The lowest BCUT2D eigenvalue weighted by Crippen LogP contribution is -2.06. The van der Waals surface area contributed by atoms with Crippen molar-refractivity contribution >= 4 is 5.97 Å². The minimum Gasteiger partial charge on any atom is -0.497 e. The Kier molecular flexibility index (Phi) is 6.74. The van der Waals surface area contributed by atoms with Gasteiger partial charge in [-0.15, -0.1) is 0 Å². The number of carbonyl (C=O) groups excluding carboxylic acids is 1. The van der Waals surface area contributed by atoms with Crippen LogP contribution in [0.4, 0.5) is 0 Å². The van der Waals surface area contributed by atoms with Gasteiger partial charge in [0, 0.05) is 0 Å². The maximum absolute atomic E-state index is 12.0. The van der Waals surface area contributed by atoms with Crippen LogP contribution >= 0.6 is 0 Å². The van der Waals surface area contributed by atoms with Crippen molar-refractivity contribution in [1.82, 2.24) is 0 Å². The Balaban J connectivity index is 1.68. The van der Waals surface area contributed by atoms with Crippen LogP contribution in [0.2, 0.25) is 0 Å². The van der Waals surface area contributed by atoms with E-state index in [0.29, 0.717) is 24.3 Å². The Morgan fingerprint density at radius 3 is 1.93 bits per heavy atom. The fourth-order valence-corrected chi connectivity index (χ4v) is 2.96. The molecular weight excluding hydrogens is 368 g/mol. The van der Waals surface area contributed by atoms with Crippen LogP contribution in [0.1, 0.15) is 27.0 Å². The first kappa shape index (κ1) is 20.3. The van der Waals surface area contributed by atoms with Gasteiger partial charge in [-0.25, -0.2) is 4.79 Å². The molecule has 0 saturated heterocycles. The van der Waals surface area contributed by atoms with Gasteiger partial charge in [-0.3, -0.25) is 0 Å². The number of rotatable bonds is 8. The molecule has 0 atom stereocenters. The van der Waals surface area contributed by atoms with Crippen molar-refractivity contribution in [2.24, 2.45) is 0 Å². The summed E-state index contributed by atoms with van der Waals surface area (Å²) in [7, 11) is 4.63. The molecule has 0 aromatic heterocycles. The van der Waals surface area contributed by atoms with Gasteiger partial charge in [0.15, 0.2) is 0 Å². The molecule has 0 heterocycles. The highest BCUT2D eigenvalue weighted by molar-refractivity contribution is 5.91. The summed E-state index contributed by atoms with van der Waals surface area (Å²) < 4.78 is 21.2. The van der Waals surface area contributed by atoms with Gasteiger partial charge < -0.3 is 18.9 Å². The standard InChI is InChI=1S/C24H24O5/c1-26-20-8-6-18(7-9-20)16-29-21-10-4-17(5-11-21)14-19-15-22(27-2)12-13-23(19)24(25)28-3/h4-13,15H,14,16H2,1-3H3. The van der Waals surface area contributed by atoms with E-state index in [1.807, 2.05) is 54.6 Å². The highest BCUT2D eigenvalue weighted by atomic mass is 16.5. The van der Waals surface area contributed by atoms with Gasteiger partial charge in [-0.2, -0.15) is 0 Å². The van der Waals surface area contributed by atoms with E-state index in [1.54, 1.807) is 26.4 Å². The highest BCUT2D eigenvalue weighted by Gasteiger charge is 2.13. The SMILES string of the molecule is COC(=O)c1ccc(OC)cc1Cc1ccc(OCc2ccc(OC)cc2)cc1. The zero-order valence-electron chi connectivity index (χ0n) is 16.8. The van der Waals surface area contributed by atoms with Crippen molar-refractivity contribution in [2.75, 3.05) is 21.3 Å². The molecule has 3 rings (SSSR count). The van der Waals surface area contributed by atoms with E-state index in [-0.39, 0.29) is 5.97 Å². The Labute approximate surface area is 170 Å². The largest absolute Gasteiger partial charge is 0.497 e. The van der Waals surface area contributed by atoms with Crippen LogP contribution in [-0.2, 0) is 17.8 Å². The summed E-state index contributed by atoms with van der Waals surface area (Å²) in [6.07, 6.45) is 0.584. The highest BCUT2D eigenvalue weighted by Crippen LogP contribution is 2.23. The molecule has 0 unspecified atom stereocenters. The van der Waals surface area contributed by atoms with E-state index in [9.17, 15) is 4.79 Å². The van der Waals surface area contributed by atoms with Crippen molar-refractivity contribution < 1.29 is 23.7 Å². The van der Waals surface area contributed by atoms with Gasteiger partial charge in [0.05, 0.1) is 26.9 Å². The first-order valence-corrected chi connectivity index (χ1v) is 9.23. The van der Waals surface area contributed by atoms with E-state index in [1.165, 1.54) is 7.11 Å². The normalized spacial score (nSPS) is 10.3. The van der Waals surface area contributed by atoms with Gasteiger partial charge in [-0.05, 0) is 65.6 Å². The number of esters is 1. The molecular formula is C24H24O5. The molecule has 0 fully saturated rings. The number of hydrogen-bond donors (Lipinski definition) is 0. The third-order valence-electron chi connectivity index (χ3n) is 4.60. The maximum Gasteiger partial charge on any atom is 0.338 e. The molecule has 5 nitrogen and oxygen atoms in total. The minimum absolute atomic E-state index is 0.359. The molecule has 0 amide bonds. The van der Waals surface area contributed by atoms with Crippen molar-refractivity contribution in [2.45, 2.75) is 13.0 Å². The summed E-state index contributed by atoms with van der Waals surface area (Å²) in [5.41, 5.74) is 3.51. The van der Waals surface area contributed by atoms with Gasteiger partial charge >= 0.3 is 5.97 Å². The van der Waals surface area contributed by atoms with Gasteiger partial charge in [0.25, 0.3) is 0 Å². The smallest absolute Gasteiger partial charge is 0.338 e. The van der Waals surface area contributed by atoms with Crippen LogP contribution in [0, 0.1) is 0 Å².